The number of Topliss-reactive ketones (excluding diaryl/α,β-unsaturated/α-hetero) is 1. The van der Waals surface area contributed by atoms with E-state index in [-0.39, 0.29) is 11.7 Å². The van der Waals surface area contributed by atoms with Crippen molar-refractivity contribution in [1.29, 1.82) is 0 Å². The van der Waals surface area contributed by atoms with E-state index in [1.807, 2.05) is 41.3 Å². The number of hydrogen-bond donors (Lipinski definition) is 0. The second-order valence-electron chi connectivity index (χ2n) is 9.76. The zero-order chi connectivity index (χ0) is 25.4. The predicted molar refractivity (Wildman–Crippen MR) is 147 cm³/mol. The maximum atomic E-state index is 13.3. The van der Waals surface area contributed by atoms with Crippen molar-refractivity contribution in [2.75, 3.05) is 13.1 Å². The van der Waals surface area contributed by atoms with Crippen LogP contribution in [0.2, 0.25) is 0 Å². The number of aromatic nitrogens is 2. The third-order valence-electron chi connectivity index (χ3n) is 6.75. The fraction of sp³-hybridized carbons (Fsp3) is 0.484. The van der Waals surface area contributed by atoms with E-state index in [0.29, 0.717) is 30.7 Å². The second kappa shape index (κ2) is 15.8. The lowest BCUT2D eigenvalue weighted by Gasteiger charge is -2.30. The second-order valence-corrected chi connectivity index (χ2v) is 9.76. The number of hydrogen-bond acceptors (Lipinski definition) is 4. The summed E-state index contributed by atoms with van der Waals surface area (Å²) in [6.07, 6.45) is 25.0. The number of nitrogens with zero attached hydrogens (tertiary/aromatic N) is 3. The number of rotatable bonds is 14. The predicted octanol–water partition coefficient (Wildman–Crippen LogP) is 7.06. The van der Waals surface area contributed by atoms with Gasteiger partial charge in [-0.05, 0) is 54.0 Å². The van der Waals surface area contributed by atoms with Crippen LogP contribution in [-0.2, 0) is 9.59 Å². The summed E-state index contributed by atoms with van der Waals surface area (Å²) in [7, 11) is 0. The summed E-state index contributed by atoms with van der Waals surface area (Å²) in [5, 5.41) is 0. The standard InChI is InChI=1S/C31H41N3O2/c1-2-3-4-5-6-7-8-9-10-11-12-13-30(35)34-24-28(22-26-14-18-32-19-15-26)31(36)29(25-34)23-27-16-20-33-21-17-27/h14-23H,2-13,24-25H2,1H3/b28-22+,29-23+. The molecule has 1 aliphatic rings. The molecule has 0 radical (unpaired) electrons. The SMILES string of the molecule is CCCCCCCCCCCCCC(=O)N1C/C(=C\c2ccncc2)C(=O)/C(=C/c2ccncc2)C1. The number of amides is 1. The van der Waals surface area contributed by atoms with Crippen molar-refractivity contribution in [3.8, 4) is 0 Å². The number of carbonyl (C=O) groups is 2. The molecule has 5 heteroatoms. The van der Waals surface area contributed by atoms with Crippen molar-refractivity contribution in [3.63, 3.8) is 0 Å². The molecule has 0 aliphatic carbocycles. The van der Waals surface area contributed by atoms with Gasteiger partial charge in [0.15, 0.2) is 5.78 Å². The number of pyridine rings is 2. The molecule has 1 aliphatic heterocycles. The van der Waals surface area contributed by atoms with E-state index in [1.54, 1.807) is 24.8 Å². The molecule has 0 saturated carbocycles. The van der Waals surface area contributed by atoms with Gasteiger partial charge in [-0.1, -0.05) is 71.1 Å². The lowest BCUT2D eigenvalue weighted by molar-refractivity contribution is -0.131. The zero-order valence-corrected chi connectivity index (χ0v) is 21.8. The molecule has 3 heterocycles. The first kappa shape index (κ1) is 27.5. The molecule has 1 amide bonds. The van der Waals surface area contributed by atoms with E-state index >= 15 is 0 Å². The van der Waals surface area contributed by atoms with Crippen LogP contribution >= 0.6 is 0 Å². The summed E-state index contributed by atoms with van der Waals surface area (Å²) in [5.41, 5.74) is 3.10. The van der Waals surface area contributed by atoms with Crippen LogP contribution in [0.15, 0.2) is 60.2 Å². The van der Waals surface area contributed by atoms with Crippen LogP contribution < -0.4 is 0 Å². The van der Waals surface area contributed by atoms with Crippen LogP contribution in [0.4, 0.5) is 0 Å². The quantitative estimate of drug-likeness (QED) is 0.211. The third kappa shape index (κ3) is 9.52. The molecule has 0 unspecified atom stereocenters. The molecule has 0 spiro atoms. The molecule has 0 N–H and O–H groups in total. The van der Waals surface area contributed by atoms with Gasteiger partial charge in [0, 0.05) is 55.4 Å². The molecule has 1 saturated heterocycles. The molecule has 192 valence electrons. The Morgan fingerprint density at radius 1 is 0.722 bits per heavy atom. The molecular formula is C31H41N3O2. The number of unbranched alkanes of at least 4 members (excludes halogenated alkanes) is 10. The van der Waals surface area contributed by atoms with Crippen LogP contribution in [0.25, 0.3) is 12.2 Å². The molecule has 3 rings (SSSR count). The average molecular weight is 488 g/mol. The van der Waals surface area contributed by atoms with Gasteiger partial charge < -0.3 is 4.90 Å². The Morgan fingerprint density at radius 2 is 1.14 bits per heavy atom. The topological polar surface area (TPSA) is 63.2 Å². The summed E-state index contributed by atoms with van der Waals surface area (Å²) < 4.78 is 0. The molecule has 1 fully saturated rings. The maximum Gasteiger partial charge on any atom is 0.223 e. The van der Waals surface area contributed by atoms with Crippen LogP contribution in [0.5, 0.6) is 0 Å². The minimum absolute atomic E-state index is 0.00219. The minimum Gasteiger partial charge on any atom is -0.334 e. The van der Waals surface area contributed by atoms with Gasteiger partial charge in [-0.25, -0.2) is 0 Å². The minimum atomic E-state index is 0.00219. The van der Waals surface area contributed by atoms with Crippen LogP contribution in [0, 0.1) is 0 Å². The highest BCUT2D eigenvalue weighted by atomic mass is 16.2. The monoisotopic (exact) mass is 487 g/mol. The van der Waals surface area contributed by atoms with Gasteiger partial charge in [0.2, 0.25) is 5.91 Å². The molecule has 0 aromatic carbocycles. The summed E-state index contributed by atoms with van der Waals surface area (Å²) in [6.45, 7) is 2.96. The van der Waals surface area contributed by atoms with Gasteiger partial charge in [-0.3, -0.25) is 19.6 Å². The maximum absolute atomic E-state index is 13.3. The van der Waals surface area contributed by atoms with Crippen molar-refractivity contribution in [1.82, 2.24) is 14.9 Å². The van der Waals surface area contributed by atoms with Crippen LogP contribution in [0.3, 0.4) is 0 Å². The first-order chi connectivity index (χ1) is 17.7. The number of piperidine rings is 1. The van der Waals surface area contributed by atoms with Gasteiger partial charge in [0.1, 0.15) is 0 Å². The van der Waals surface area contributed by atoms with Crippen molar-refractivity contribution in [3.05, 3.63) is 71.3 Å². The molecular weight excluding hydrogens is 446 g/mol. The summed E-state index contributed by atoms with van der Waals surface area (Å²) in [4.78, 5) is 36.3. The zero-order valence-electron chi connectivity index (χ0n) is 21.8. The van der Waals surface area contributed by atoms with Gasteiger partial charge in [-0.2, -0.15) is 0 Å². The Kier molecular flexibility index (Phi) is 12.1. The van der Waals surface area contributed by atoms with Gasteiger partial charge in [-0.15, -0.1) is 0 Å². The van der Waals surface area contributed by atoms with E-state index in [2.05, 4.69) is 16.9 Å². The smallest absolute Gasteiger partial charge is 0.223 e. The van der Waals surface area contributed by atoms with E-state index < -0.39 is 0 Å². The highest BCUT2D eigenvalue weighted by Crippen LogP contribution is 2.23. The van der Waals surface area contributed by atoms with E-state index in [4.69, 9.17) is 0 Å². The van der Waals surface area contributed by atoms with E-state index in [9.17, 15) is 9.59 Å². The summed E-state index contributed by atoms with van der Waals surface area (Å²) in [6, 6.07) is 7.49. The normalized spacial score (nSPS) is 16.1. The van der Waals surface area contributed by atoms with Crippen molar-refractivity contribution < 1.29 is 9.59 Å². The summed E-state index contributed by atoms with van der Waals surface area (Å²) in [5.74, 6) is 0.127. The lowest BCUT2D eigenvalue weighted by Crippen LogP contribution is -2.41. The fourth-order valence-electron chi connectivity index (χ4n) is 4.64. The van der Waals surface area contributed by atoms with Gasteiger partial charge in [0.05, 0.1) is 0 Å². The molecule has 2 aromatic heterocycles. The first-order valence-electron chi connectivity index (χ1n) is 13.7. The van der Waals surface area contributed by atoms with Crippen LogP contribution in [0.1, 0.15) is 95.1 Å². The lowest BCUT2D eigenvalue weighted by atomic mass is 9.94. The molecule has 0 bridgehead atoms. The number of ketones is 1. The van der Waals surface area contributed by atoms with Crippen LogP contribution in [-0.4, -0.2) is 39.6 Å². The highest BCUT2D eigenvalue weighted by molar-refractivity contribution is 6.15. The summed E-state index contributed by atoms with van der Waals surface area (Å²) >= 11 is 0. The Bertz CT molecular complexity index is 937. The highest BCUT2D eigenvalue weighted by Gasteiger charge is 2.28. The number of carbonyl (C=O) groups excluding carboxylic acids is 2. The number of likely N-dealkylation sites (tertiary alicyclic amines) is 1. The molecule has 2 aromatic rings. The average Bonchev–Trinajstić information content (AvgIpc) is 2.90. The molecule has 0 atom stereocenters. The fourth-order valence-corrected chi connectivity index (χ4v) is 4.64. The molecule has 5 nitrogen and oxygen atoms in total. The van der Waals surface area contributed by atoms with Crippen molar-refractivity contribution in [2.24, 2.45) is 0 Å². The Balaban J connectivity index is 1.52. The van der Waals surface area contributed by atoms with Crippen molar-refractivity contribution >= 4 is 23.8 Å². The third-order valence-corrected chi connectivity index (χ3v) is 6.75. The first-order valence-corrected chi connectivity index (χ1v) is 13.7. The Morgan fingerprint density at radius 3 is 1.58 bits per heavy atom. The van der Waals surface area contributed by atoms with E-state index in [0.717, 1.165) is 24.0 Å². The molecule has 36 heavy (non-hydrogen) atoms. The van der Waals surface area contributed by atoms with E-state index in [1.165, 1.54) is 57.8 Å². The van der Waals surface area contributed by atoms with Crippen molar-refractivity contribution in [2.45, 2.75) is 84.0 Å². The Labute approximate surface area is 216 Å². The van der Waals surface area contributed by atoms with Gasteiger partial charge in [0.25, 0.3) is 0 Å². The van der Waals surface area contributed by atoms with Gasteiger partial charge >= 0.3 is 0 Å². The largest absolute Gasteiger partial charge is 0.334 e. The Hall–Kier alpha value is -3.08.